The Hall–Kier alpha value is -4.26. The summed E-state index contributed by atoms with van der Waals surface area (Å²) in [7, 11) is 3.51. The van der Waals surface area contributed by atoms with E-state index in [1.54, 1.807) is 13.3 Å². The van der Waals surface area contributed by atoms with Crippen LogP contribution in [-0.2, 0) is 11.8 Å². The number of benzene rings is 3. The highest BCUT2D eigenvalue weighted by molar-refractivity contribution is 5.78. The van der Waals surface area contributed by atoms with Crippen LogP contribution in [-0.4, -0.2) is 29.2 Å². The summed E-state index contributed by atoms with van der Waals surface area (Å²) in [6.07, 6.45) is 3.55. The Labute approximate surface area is 193 Å². The molecule has 4 aromatic rings. The molecule has 0 aliphatic rings. The second kappa shape index (κ2) is 10.4. The minimum absolute atomic E-state index is 0.115. The topological polar surface area (TPSA) is 77.4 Å². The Morgan fingerprint density at radius 3 is 2.42 bits per heavy atom. The fraction of sp³-hybridized carbons (Fsp3) is 0.154. The second-order valence-corrected chi connectivity index (χ2v) is 7.48. The fourth-order valence-corrected chi connectivity index (χ4v) is 3.45. The number of para-hydroxylation sites is 1. The van der Waals surface area contributed by atoms with Crippen LogP contribution in [0, 0.1) is 0 Å². The lowest BCUT2D eigenvalue weighted by Gasteiger charge is -2.20. The molecule has 0 aliphatic carbocycles. The molecule has 1 atom stereocenters. The van der Waals surface area contributed by atoms with E-state index in [2.05, 4.69) is 15.6 Å². The van der Waals surface area contributed by atoms with Gasteiger partial charge in [0.15, 0.2) is 6.61 Å². The van der Waals surface area contributed by atoms with Crippen LogP contribution in [0.3, 0.4) is 0 Å². The number of carbonyl (C=O) groups is 1. The first-order valence-corrected chi connectivity index (χ1v) is 10.6. The predicted molar refractivity (Wildman–Crippen MR) is 128 cm³/mol. The number of methoxy groups -OCH3 is 1. The van der Waals surface area contributed by atoms with E-state index >= 15 is 0 Å². The summed E-state index contributed by atoms with van der Waals surface area (Å²) in [5.41, 5.74) is 2.81. The minimum atomic E-state index is -0.436. The molecule has 7 nitrogen and oxygen atoms in total. The maximum atomic E-state index is 12.8. The zero-order valence-electron chi connectivity index (χ0n) is 18.6. The van der Waals surface area contributed by atoms with Gasteiger partial charge in [0.25, 0.3) is 5.91 Å². The highest BCUT2D eigenvalue weighted by atomic mass is 16.5. The van der Waals surface area contributed by atoms with Crippen molar-refractivity contribution >= 4 is 17.3 Å². The molecular weight excluding hydrogens is 416 g/mol. The van der Waals surface area contributed by atoms with E-state index in [1.807, 2.05) is 96.7 Å². The first kappa shape index (κ1) is 22.0. The van der Waals surface area contributed by atoms with Gasteiger partial charge >= 0.3 is 0 Å². The highest BCUT2D eigenvalue weighted by Crippen LogP contribution is 2.24. The van der Waals surface area contributed by atoms with Crippen molar-refractivity contribution in [3.63, 3.8) is 0 Å². The molecular formula is C26H26N4O3. The molecule has 168 valence electrons. The SMILES string of the molecule is COc1cccc([C@H](NC(=O)COc2ccc(Nc3ccccc3)cc2)c2nccn2C)c1. The Bertz CT molecular complexity index is 1190. The highest BCUT2D eigenvalue weighted by Gasteiger charge is 2.21. The molecule has 0 saturated heterocycles. The van der Waals surface area contributed by atoms with Gasteiger partial charge in [-0.25, -0.2) is 4.98 Å². The molecule has 0 bridgehead atoms. The van der Waals surface area contributed by atoms with Crippen molar-refractivity contribution in [3.8, 4) is 11.5 Å². The van der Waals surface area contributed by atoms with Gasteiger partial charge in [-0.05, 0) is 54.1 Å². The summed E-state index contributed by atoms with van der Waals surface area (Å²) < 4.78 is 12.9. The summed E-state index contributed by atoms with van der Waals surface area (Å²) in [5.74, 6) is 1.78. The lowest BCUT2D eigenvalue weighted by atomic mass is 10.1. The number of imidazole rings is 1. The van der Waals surface area contributed by atoms with Crippen molar-refractivity contribution in [2.24, 2.45) is 7.05 Å². The Kier molecular flexibility index (Phi) is 6.90. The number of nitrogens with one attached hydrogen (secondary N) is 2. The summed E-state index contributed by atoms with van der Waals surface area (Å²) in [5, 5.41) is 6.34. The quantitative estimate of drug-likeness (QED) is 0.400. The summed E-state index contributed by atoms with van der Waals surface area (Å²) in [6.45, 7) is -0.115. The van der Waals surface area contributed by atoms with E-state index in [1.165, 1.54) is 0 Å². The number of aromatic nitrogens is 2. The van der Waals surface area contributed by atoms with E-state index in [0.29, 0.717) is 17.3 Å². The number of anilines is 2. The predicted octanol–water partition coefficient (Wildman–Crippen LogP) is 4.46. The lowest BCUT2D eigenvalue weighted by molar-refractivity contribution is -0.123. The van der Waals surface area contributed by atoms with E-state index in [-0.39, 0.29) is 12.5 Å². The molecule has 0 radical (unpaired) electrons. The molecule has 1 amide bonds. The molecule has 1 aromatic heterocycles. The van der Waals surface area contributed by atoms with Gasteiger partial charge in [0, 0.05) is 30.8 Å². The number of amides is 1. The molecule has 4 rings (SSSR count). The van der Waals surface area contributed by atoms with Crippen molar-refractivity contribution in [2.75, 3.05) is 19.0 Å². The zero-order valence-corrected chi connectivity index (χ0v) is 18.6. The Morgan fingerprint density at radius 1 is 0.970 bits per heavy atom. The number of ether oxygens (including phenoxy) is 2. The molecule has 0 unspecified atom stereocenters. The smallest absolute Gasteiger partial charge is 0.258 e. The first-order chi connectivity index (χ1) is 16.1. The van der Waals surface area contributed by atoms with Gasteiger partial charge in [0.2, 0.25) is 0 Å². The average Bonchev–Trinajstić information content (AvgIpc) is 3.28. The Balaban J connectivity index is 1.40. The fourth-order valence-electron chi connectivity index (χ4n) is 3.45. The lowest BCUT2D eigenvalue weighted by Crippen LogP contribution is -2.34. The van der Waals surface area contributed by atoms with Crippen LogP contribution in [0.25, 0.3) is 0 Å². The van der Waals surface area contributed by atoms with Gasteiger partial charge in [0.05, 0.1) is 7.11 Å². The van der Waals surface area contributed by atoms with Crippen molar-refractivity contribution in [1.29, 1.82) is 0 Å². The van der Waals surface area contributed by atoms with Crippen molar-refractivity contribution in [1.82, 2.24) is 14.9 Å². The van der Waals surface area contributed by atoms with Crippen molar-refractivity contribution in [2.45, 2.75) is 6.04 Å². The van der Waals surface area contributed by atoms with Crippen LogP contribution in [0.2, 0.25) is 0 Å². The third kappa shape index (κ3) is 5.71. The summed E-state index contributed by atoms with van der Waals surface area (Å²) in [6, 6.07) is 24.5. The van der Waals surface area contributed by atoms with Crippen LogP contribution >= 0.6 is 0 Å². The monoisotopic (exact) mass is 442 g/mol. The molecule has 7 heteroatoms. The van der Waals surface area contributed by atoms with Gasteiger partial charge in [0.1, 0.15) is 23.4 Å². The van der Waals surface area contributed by atoms with Gasteiger partial charge in [-0.2, -0.15) is 0 Å². The van der Waals surface area contributed by atoms with Gasteiger partial charge < -0.3 is 24.7 Å². The van der Waals surface area contributed by atoms with E-state index in [0.717, 1.165) is 16.9 Å². The normalized spacial score (nSPS) is 11.5. The largest absolute Gasteiger partial charge is 0.497 e. The van der Waals surface area contributed by atoms with Crippen molar-refractivity contribution in [3.05, 3.63) is 103 Å². The first-order valence-electron chi connectivity index (χ1n) is 10.6. The number of hydrogen-bond acceptors (Lipinski definition) is 5. The van der Waals surface area contributed by atoms with Crippen LogP contribution in [0.15, 0.2) is 91.3 Å². The Morgan fingerprint density at radius 2 is 1.73 bits per heavy atom. The molecule has 0 spiro atoms. The molecule has 2 N–H and O–H groups in total. The maximum Gasteiger partial charge on any atom is 0.258 e. The van der Waals surface area contributed by atoms with Gasteiger partial charge in [-0.3, -0.25) is 4.79 Å². The number of nitrogens with zero attached hydrogens (tertiary/aromatic N) is 2. The van der Waals surface area contributed by atoms with Gasteiger partial charge in [-0.15, -0.1) is 0 Å². The summed E-state index contributed by atoms with van der Waals surface area (Å²) >= 11 is 0. The van der Waals surface area contributed by atoms with Crippen LogP contribution < -0.4 is 20.1 Å². The molecule has 1 heterocycles. The number of aryl methyl sites for hydroxylation is 1. The van der Waals surface area contributed by atoms with Gasteiger partial charge in [-0.1, -0.05) is 30.3 Å². The molecule has 0 saturated carbocycles. The average molecular weight is 443 g/mol. The van der Waals surface area contributed by atoms with Crippen LogP contribution in [0.4, 0.5) is 11.4 Å². The molecule has 3 aromatic carbocycles. The molecule has 0 aliphatic heterocycles. The third-order valence-electron chi connectivity index (χ3n) is 5.14. The standard InChI is InChI=1S/C26H26N4O3/c1-30-16-15-27-26(30)25(19-7-6-10-23(17-19)32-2)29-24(31)18-33-22-13-11-21(12-14-22)28-20-8-4-3-5-9-20/h3-17,25,28H,18H2,1-2H3,(H,29,31)/t25-/m0/s1. The van der Waals surface area contributed by atoms with Crippen LogP contribution in [0.1, 0.15) is 17.4 Å². The number of carbonyl (C=O) groups excluding carboxylic acids is 1. The number of hydrogen-bond donors (Lipinski definition) is 2. The minimum Gasteiger partial charge on any atom is -0.497 e. The maximum absolute atomic E-state index is 12.8. The third-order valence-corrected chi connectivity index (χ3v) is 5.14. The van der Waals surface area contributed by atoms with Crippen molar-refractivity contribution < 1.29 is 14.3 Å². The summed E-state index contributed by atoms with van der Waals surface area (Å²) in [4.78, 5) is 17.2. The molecule has 33 heavy (non-hydrogen) atoms. The van der Waals surface area contributed by atoms with E-state index < -0.39 is 6.04 Å². The number of rotatable bonds is 9. The van der Waals surface area contributed by atoms with Crippen LogP contribution in [0.5, 0.6) is 11.5 Å². The van der Waals surface area contributed by atoms with E-state index in [9.17, 15) is 4.79 Å². The molecule has 0 fully saturated rings. The zero-order chi connectivity index (χ0) is 23.0. The van der Waals surface area contributed by atoms with E-state index in [4.69, 9.17) is 9.47 Å². The second-order valence-electron chi connectivity index (χ2n) is 7.48.